The van der Waals surface area contributed by atoms with Crippen molar-refractivity contribution in [2.45, 2.75) is 19.8 Å². The Kier molecular flexibility index (Phi) is 4.13. The van der Waals surface area contributed by atoms with Gasteiger partial charge in [-0.3, -0.25) is 0 Å². The summed E-state index contributed by atoms with van der Waals surface area (Å²) >= 11 is 1.45. The monoisotopic (exact) mass is 355 g/mol. The summed E-state index contributed by atoms with van der Waals surface area (Å²) in [5.41, 5.74) is 2.87. The topological polar surface area (TPSA) is 45.2 Å². The molecule has 0 spiro atoms. The molecule has 1 N–H and O–H groups in total. The summed E-state index contributed by atoms with van der Waals surface area (Å²) in [4.78, 5) is 18.6. The zero-order valence-corrected chi connectivity index (χ0v) is 14.7. The lowest BCUT2D eigenvalue weighted by atomic mass is 10.1. The van der Waals surface area contributed by atoms with Gasteiger partial charge < -0.3 is 10.2 Å². The van der Waals surface area contributed by atoms with Crippen LogP contribution < -0.4 is 5.32 Å². The predicted octanol–water partition coefficient (Wildman–Crippen LogP) is 5.04. The van der Waals surface area contributed by atoms with Crippen molar-refractivity contribution in [2.24, 2.45) is 0 Å². The second kappa shape index (κ2) is 6.44. The SMILES string of the molecule is Cc1ccc(-c2nc3cc(NC(=O)N4CCCC4)ccc3s2)c(F)c1. The second-order valence-electron chi connectivity index (χ2n) is 6.31. The first kappa shape index (κ1) is 16.0. The minimum atomic E-state index is -0.262. The van der Waals surface area contributed by atoms with Gasteiger partial charge >= 0.3 is 6.03 Å². The predicted molar refractivity (Wildman–Crippen MR) is 99.6 cm³/mol. The molecule has 2 amide bonds. The maximum Gasteiger partial charge on any atom is 0.321 e. The number of nitrogens with one attached hydrogen (secondary N) is 1. The lowest BCUT2D eigenvalue weighted by Gasteiger charge is -2.16. The van der Waals surface area contributed by atoms with E-state index in [0.717, 1.165) is 41.7 Å². The fraction of sp³-hybridized carbons (Fsp3) is 0.263. The molecule has 4 rings (SSSR count). The number of aryl methyl sites for hydroxylation is 1. The molecular weight excluding hydrogens is 337 g/mol. The molecule has 1 fully saturated rings. The van der Waals surface area contributed by atoms with Gasteiger partial charge in [-0.05, 0) is 55.7 Å². The van der Waals surface area contributed by atoms with E-state index < -0.39 is 0 Å². The molecule has 0 atom stereocenters. The normalized spacial score (nSPS) is 14.2. The van der Waals surface area contributed by atoms with Gasteiger partial charge in [-0.2, -0.15) is 0 Å². The number of likely N-dealkylation sites (tertiary alicyclic amines) is 1. The second-order valence-corrected chi connectivity index (χ2v) is 7.34. The average Bonchev–Trinajstić information content (AvgIpc) is 3.24. The molecular formula is C19H18FN3OS. The van der Waals surface area contributed by atoms with Gasteiger partial charge in [0.1, 0.15) is 10.8 Å². The number of aromatic nitrogens is 1. The first-order valence-electron chi connectivity index (χ1n) is 8.33. The number of hydrogen-bond acceptors (Lipinski definition) is 3. The summed E-state index contributed by atoms with van der Waals surface area (Å²) < 4.78 is 15.2. The number of benzene rings is 2. The van der Waals surface area contributed by atoms with Crippen molar-refractivity contribution in [1.29, 1.82) is 0 Å². The van der Waals surface area contributed by atoms with Crippen LogP contribution in [0.3, 0.4) is 0 Å². The van der Waals surface area contributed by atoms with Gasteiger partial charge in [0, 0.05) is 24.3 Å². The van der Waals surface area contributed by atoms with E-state index in [4.69, 9.17) is 0 Å². The molecule has 1 aliphatic heterocycles. The Bertz CT molecular complexity index is 947. The number of carbonyl (C=O) groups is 1. The number of anilines is 1. The quantitative estimate of drug-likeness (QED) is 0.700. The van der Waals surface area contributed by atoms with Crippen LogP contribution in [0.15, 0.2) is 36.4 Å². The van der Waals surface area contributed by atoms with Crippen molar-refractivity contribution in [1.82, 2.24) is 9.88 Å². The molecule has 0 unspecified atom stereocenters. The number of hydrogen-bond donors (Lipinski definition) is 1. The van der Waals surface area contributed by atoms with E-state index in [1.807, 2.05) is 36.1 Å². The molecule has 0 aliphatic carbocycles. The largest absolute Gasteiger partial charge is 0.325 e. The maximum atomic E-state index is 14.2. The minimum Gasteiger partial charge on any atom is -0.325 e. The van der Waals surface area contributed by atoms with Crippen LogP contribution in [-0.4, -0.2) is 29.0 Å². The van der Waals surface area contributed by atoms with Crippen LogP contribution in [0.2, 0.25) is 0 Å². The molecule has 128 valence electrons. The summed E-state index contributed by atoms with van der Waals surface area (Å²) in [6.07, 6.45) is 2.12. The first-order valence-corrected chi connectivity index (χ1v) is 9.15. The van der Waals surface area contributed by atoms with Crippen molar-refractivity contribution < 1.29 is 9.18 Å². The van der Waals surface area contributed by atoms with Gasteiger partial charge in [-0.1, -0.05) is 6.07 Å². The Morgan fingerprint density at radius 1 is 1.20 bits per heavy atom. The van der Waals surface area contributed by atoms with Crippen LogP contribution in [-0.2, 0) is 0 Å². The van der Waals surface area contributed by atoms with Gasteiger partial charge in [0.05, 0.1) is 10.2 Å². The molecule has 0 radical (unpaired) electrons. The molecule has 1 aliphatic rings. The van der Waals surface area contributed by atoms with Crippen molar-refractivity contribution in [2.75, 3.05) is 18.4 Å². The third-order valence-electron chi connectivity index (χ3n) is 4.39. The highest BCUT2D eigenvalue weighted by atomic mass is 32.1. The highest BCUT2D eigenvalue weighted by Crippen LogP contribution is 2.33. The summed E-state index contributed by atoms with van der Waals surface area (Å²) in [7, 11) is 0. The first-order chi connectivity index (χ1) is 12.1. The van der Waals surface area contributed by atoms with Crippen LogP contribution in [0, 0.1) is 12.7 Å². The van der Waals surface area contributed by atoms with Gasteiger partial charge in [-0.15, -0.1) is 11.3 Å². The van der Waals surface area contributed by atoms with E-state index in [0.29, 0.717) is 16.3 Å². The molecule has 0 bridgehead atoms. The van der Waals surface area contributed by atoms with Crippen LogP contribution in [0.5, 0.6) is 0 Å². The third-order valence-corrected chi connectivity index (χ3v) is 5.46. The number of thiazole rings is 1. The Hall–Kier alpha value is -2.47. The molecule has 2 aromatic carbocycles. The number of fused-ring (bicyclic) bond motifs is 1. The van der Waals surface area contributed by atoms with Crippen LogP contribution in [0.1, 0.15) is 18.4 Å². The van der Waals surface area contributed by atoms with Gasteiger partial charge in [0.25, 0.3) is 0 Å². The lowest BCUT2D eigenvalue weighted by Crippen LogP contribution is -2.32. The van der Waals surface area contributed by atoms with Crippen LogP contribution in [0.25, 0.3) is 20.8 Å². The Balaban J connectivity index is 1.61. The maximum absolute atomic E-state index is 14.2. The molecule has 4 nitrogen and oxygen atoms in total. The lowest BCUT2D eigenvalue weighted by molar-refractivity contribution is 0.222. The molecule has 1 saturated heterocycles. The van der Waals surface area contributed by atoms with E-state index in [1.165, 1.54) is 17.4 Å². The molecule has 6 heteroatoms. The summed E-state index contributed by atoms with van der Waals surface area (Å²) in [5.74, 6) is -0.262. The summed E-state index contributed by atoms with van der Waals surface area (Å²) in [6.45, 7) is 3.48. The molecule has 0 saturated carbocycles. The van der Waals surface area contributed by atoms with Gasteiger partial charge in [0.2, 0.25) is 0 Å². The fourth-order valence-corrected chi connectivity index (χ4v) is 4.01. The van der Waals surface area contributed by atoms with Crippen molar-refractivity contribution in [3.05, 3.63) is 47.8 Å². The van der Waals surface area contributed by atoms with E-state index in [1.54, 1.807) is 6.07 Å². The van der Waals surface area contributed by atoms with Crippen LogP contribution >= 0.6 is 11.3 Å². The summed E-state index contributed by atoms with van der Waals surface area (Å²) in [5, 5.41) is 3.57. The standard InChI is InChI=1S/C19H18FN3OS/c1-12-4-6-14(15(20)10-12)18-22-16-11-13(5-7-17(16)25-18)21-19(24)23-8-2-3-9-23/h4-7,10-11H,2-3,8-9H2,1H3,(H,21,24). The number of urea groups is 1. The van der Waals surface area contributed by atoms with Gasteiger partial charge in [-0.25, -0.2) is 14.2 Å². The van der Waals surface area contributed by atoms with E-state index in [2.05, 4.69) is 10.3 Å². The summed E-state index contributed by atoms with van der Waals surface area (Å²) in [6, 6.07) is 10.7. The number of amides is 2. The Labute approximate surface area is 149 Å². The number of carbonyl (C=O) groups excluding carboxylic acids is 1. The van der Waals surface area contributed by atoms with Crippen LogP contribution in [0.4, 0.5) is 14.9 Å². The molecule has 3 aromatic rings. The molecule has 1 aromatic heterocycles. The van der Waals surface area contributed by atoms with Crippen molar-refractivity contribution >= 4 is 33.3 Å². The zero-order valence-electron chi connectivity index (χ0n) is 13.9. The highest BCUT2D eigenvalue weighted by molar-refractivity contribution is 7.21. The van der Waals surface area contributed by atoms with Crippen molar-refractivity contribution in [3.8, 4) is 10.6 Å². The van der Waals surface area contributed by atoms with Crippen molar-refractivity contribution in [3.63, 3.8) is 0 Å². The number of halogens is 1. The Morgan fingerprint density at radius 2 is 2.00 bits per heavy atom. The number of nitrogens with zero attached hydrogens (tertiary/aromatic N) is 2. The number of rotatable bonds is 2. The van der Waals surface area contributed by atoms with E-state index in [-0.39, 0.29) is 11.8 Å². The molecule has 2 heterocycles. The zero-order chi connectivity index (χ0) is 17.4. The highest BCUT2D eigenvalue weighted by Gasteiger charge is 2.18. The van der Waals surface area contributed by atoms with E-state index in [9.17, 15) is 9.18 Å². The Morgan fingerprint density at radius 3 is 2.76 bits per heavy atom. The third kappa shape index (κ3) is 3.22. The van der Waals surface area contributed by atoms with Gasteiger partial charge in [0.15, 0.2) is 0 Å². The average molecular weight is 355 g/mol. The van der Waals surface area contributed by atoms with E-state index >= 15 is 0 Å². The fourth-order valence-electron chi connectivity index (χ4n) is 3.04. The smallest absolute Gasteiger partial charge is 0.321 e. The minimum absolute atomic E-state index is 0.0723. The molecule has 25 heavy (non-hydrogen) atoms.